The molecule has 33 heavy (non-hydrogen) atoms. The van der Waals surface area contributed by atoms with Crippen molar-refractivity contribution in [1.29, 1.82) is 0 Å². The molecular weight excluding hydrogens is 454 g/mol. The number of nitrogens with one attached hydrogen (secondary N) is 2. The Labute approximate surface area is 188 Å². The highest BCUT2D eigenvalue weighted by atomic mass is 32.2. The molecular formula is C20H21N5O7S. The second-order valence-corrected chi connectivity index (χ2v) is 8.29. The Morgan fingerprint density at radius 1 is 0.970 bits per heavy atom. The van der Waals surface area contributed by atoms with E-state index >= 15 is 0 Å². The van der Waals surface area contributed by atoms with Crippen LogP contribution in [0.5, 0.6) is 17.2 Å². The molecule has 0 bridgehead atoms. The third kappa shape index (κ3) is 4.22. The number of hydrogen-bond donors (Lipinski definition) is 2. The molecule has 0 amide bonds. The summed E-state index contributed by atoms with van der Waals surface area (Å²) in [6.45, 7) is 1.89. The number of benzene rings is 2. The molecule has 0 spiro atoms. The van der Waals surface area contributed by atoms with Gasteiger partial charge in [-0.1, -0.05) is 18.1 Å². The first-order chi connectivity index (χ1) is 15.9. The highest BCUT2D eigenvalue weighted by molar-refractivity contribution is 7.93. The van der Waals surface area contributed by atoms with Gasteiger partial charge in [-0.15, -0.1) is 0 Å². The van der Waals surface area contributed by atoms with Crippen molar-refractivity contribution in [2.45, 2.75) is 18.2 Å². The number of fused-ring (bicyclic) bond motifs is 1. The molecule has 0 aliphatic carbocycles. The van der Waals surface area contributed by atoms with Gasteiger partial charge in [-0.2, -0.15) is 4.98 Å². The zero-order chi connectivity index (χ0) is 23.6. The van der Waals surface area contributed by atoms with Crippen molar-refractivity contribution >= 4 is 38.4 Å². The first-order valence-corrected chi connectivity index (χ1v) is 11.2. The summed E-state index contributed by atoms with van der Waals surface area (Å²) in [6, 6.07) is 7.81. The molecule has 0 aliphatic heterocycles. The maximum absolute atomic E-state index is 13.2. The summed E-state index contributed by atoms with van der Waals surface area (Å²) in [6.07, 6.45) is 0.591. The zero-order valence-corrected chi connectivity index (χ0v) is 19.0. The zero-order valence-electron chi connectivity index (χ0n) is 18.2. The van der Waals surface area contributed by atoms with Crippen molar-refractivity contribution in [3.63, 3.8) is 0 Å². The molecule has 12 nitrogen and oxygen atoms in total. The van der Waals surface area contributed by atoms with E-state index in [1.165, 1.54) is 33.5 Å². The second kappa shape index (κ2) is 8.86. The van der Waals surface area contributed by atoms with Crippen molar-refractivity contribution in [3.05, 3.63) is 36.2 Å². The number of sulfonamides is 1. The molecule has 4 aromatic rings. The molecule has 2 aromatic carbocycles. The third-order valence-electron chi connectivity index (χ3n) is 4.69. The number of hydrogen-bond acceptors (Lipinski definition) is 11. The molecule has 0 radical (unpaired) electrons. The lowest BCUT2D eigenvalue weighted by Gasteiger charge is -2.13. The van der Waals surface area contributed by atoms with Crippen LogP contribution < -0.4 is 24.2 Å². The molecule has 2 heterocycles. The van der Waals surface area contributed by atoms with Gasteiger partial charge in [0.05, 0.1) is 32.4 Å². The topological polar surface area (TPSA) is 151 Å². The Morgan fingerprint density at radius 2 is 1.67 bits per heavy atom. The van der Waals surface area contributed by atoms with Gasteiger partial charge in [-0.3, -0.25) is 4.72 Å². The Kier molecular flexibility index (Phi) is 5.96. The minimum atomic E-state index is -4.15. The summed E-state index contributed by atoms with van der Waals surface area (Å²) in [4.78, 5) is 4.03. The summed E-state index contributed by atoms with van der Waals surface area (Å²) >= 11 is 0. The van der Waals surface area contributed by atoms with Crippen LogP contribution >= 0.6 is 0 Å². The molecule has 0 aliphatic rings. The Morgan fingerprint density at radius 3 is 2.27 bits per heavy atom. The maximum Gasteiger partial charge on any atom is 0.270 e. The van der Waals surface area contributed by atoms with Gasteiger partial charge >= 0.3 is 0 Å². The van der Waals surface area contributed by atoms with Gasteiger partial charge in [0.2, 0.25) is 5.89 Å². The van der Waals surface area contributed by atoms with E-state index in [-0.39, 0.29) is 28.2 Å². The summed E-state index contributed by atoms with van der Waals surface area (Å²) in [7, 11) is 0.0533. The lowest BCUT2D eigenvalue weighted by Crippen LogP contribution is -2.15. The molecule has 2 N–H and O–H groups in total. The van der Waals surface area contributed by atoms with Crippen molar-refractivity contribution in [2.75, 3.05) is 31.4 Å². The van der Waals surface area contributed by atoms with Crippen LogP contribution in [0.1, 0.15) is 12.8 Å². The number of aromatic nitrogens is 3. The van der Waals surface area contributed by atoms with Crippen LogP contribution in [-0.4, -0.2) is 45.0 Å². The van der Waals surface area contributed by atoms with Crippen molar-refractivity contribution < 1.29 is 31.7 Å². The largest absolute Gasteiger partial charge is 0.495 e. The monoisotopic (exact) mass is 475 g/mol. The van der Waals surface area contributed by atoms with Crippen LogP contribution in [-0.2, 0) is 16.4 Å². The molecule has 0 unspecified atom stereocenters. The van der Waals surface area contributed by atoms with Gasteiger partial charge in [0, 0.05) is 12.5 Å². The van der Waals surface area contributed by atoms with E-state index in [1.54, 1.807) is 18.2 Å². The molecule has 0 saturated heterocycles. The molecule has 0 saturated carbocycles. The lowest BCUT2D eigenvalue weighted by molar-refractivity contribution is 0.373. The predicted octanol–water partition coefficient (Wildman–Crippen LogP) is 3.34. The number of nitrogens with zero attached hydrogens (tertiary/aromatic N) is 3. The molecule has 13 heteroatoms. The number of rotatable bonds is 9. The first-order valence-electron chi connectivity index (χ1n) is 9.71. The first kappa shape index (κ1) is 22.2. The molecule has 0 atom stereocenters. The van der Waals surface area contributed by atoms with Crippen LogP contribution in [0.4, 0.5) is 17.5 Å². The van der Waals surface area contributed by atoms with E-state index in [1.807, 2.05) is 6.92 Å². The number of aryl methyl sites for hydroxylation is 1. The van der Waals surface area contributed by atoms with Crippen LogP contribution in [0.15, 0.2) is 44.3 Å². The normalized spacial score (nSPS) is 11.4. The van der Waals surface area contributed by atoms with Crippen molar-refractivity contribution in [1.82, 2.24) is 15.3 Å². The fraction of sp³-hybridized carbons (Fsp3) is 0.250. The average molecular weight is 475 g/mol. The smallest absolute Gasteiger partial charge is 0.270 e. The van der Waals surface area contributed by atoms with E-state index in [0.717, 1.165) is 0 Å². The fourth-order valence-electron chi connectivity index (χ4n) is 3.13. The minimum Gasteiger partial charge on any atom is -0.495 e. The SMILES string of the molecule is CCc1nc(Nc2cc3onc(NS(=O)(=O)c4c(OC)cccc4OC)c3cc2OC)no1. The predicted molar refractivity (Wildman–Crippen MR) is 118 cm³/mol. The van der Waals surface area contributed by atoms with Crippen molar-refractivity contribution in [2.24, 2.45) is 0 Å². The summed E-state index contributed by atoms with van der Waals surface area (Å²) in [5.74, 6) is 1.30. The quantitative estimate of drug-likeness (QED) is 0.367. The highest BCUT2D eigenvalue weighted by Gasteiger charge is 2.27. The Balaban J connectivity index is 1.71. The molecule has 0 fully saturated rings. The van der Waals surface area contributed by atoms with E-state index in [4.69, 9.17) is 23.3 Å². The van der Waals surface area contributed by atoms with E-state index in [2.05, 4.69) is 25.3 Å². The van der Waals surface area contributed by atoms with Gasteiger partial charge in [-0.05, 0) is 23.4 Å². The van der Waals surface area contributed by atoms with Gasteiger partial charge in [0.25, 0.3) is 16.0 Å². The Bertz CT molecular complexity index is 1380. The van der Waals surface area contributed by atoms with Gasteiger partial charge in [0.1, 0.15) is 17.2 Å². The van der Waals surface area contributed by atoms with Crippen LogP contribution in [0.2, 0.25) is 0 Å². The number of anilines is 3. The van der Waals surface area contributed by atoms with E-state index in [9.17, 15) is 8.42 Å². The van der Waals surface area contributed by atoms with Crippen molar-refractivity contribution in [3.8, 4) is 17.2 Å². The summed E-state index contributed by atoms with van der Waals surface area (Å²) in [5.41, 5.74) is 0.771. The average Bonchev–Trinajstić information content (AvgIpc) is 3.44. The Hall–Kier alpha value is -4.00. The van der Waals surface area contributed by atoms with E-state index < -0.39 is 10.0 Å². The number of methoxy groups -OCH3 is 3. The van der Waals surface area contributed by atoms with Crippen LogP contribution in [0.25, 0.3) is 11.0 Å². The lowest BCUT2D eigenvalue weighted by atomic mass is 10.2. The second-order valence-electron chi connectivity index (χ2n) is 6.67. The van der Waals surface area contributed by atoms with Gasteiger partial charge in [0.15, 0.2) is 16.3 Å². The minimum absolute atomic E-state index is 0.0318. The standard InChI is InChI=1S/C20H21N5O7S/c1-5-17-22-20(24-32-17)21-12-10-15-11(9-16(12)30-4)19(23-31-15)25-33(26,27)18-13(28-2)7-6-8-14(18)29-3/h6-10H,5H2,1-4H3,(H,21,24)(H,23,25). The summed E-state index contributed by atoms with van der Waals surface area (Å²) in [5, 5.41) is 11.1. The third-order valence-corrected chi connectivity index (χ3v) is 6.09. The number of ether oxygens (including phenoxy) is 3. The molecule has 2 aromatic heterocycles. The molecule has 4 rings (SSSR count). The van der Waals surface area contributed by atoms with Crippen LogP contribution in [0, 0.1) is 0 Å². The fourth-order valence-corrected chi connectivity index (χ4v) is 4.47. The van der Waals surface area contributed by atoms with Gasteiger partial charge < -0.3 is 28.6 Å². The summed E-state index contributed by atoms with van der Waals surface area (Å²) < 4.78 is 55.1. The van der Waals surface area contributed by atoms with E-state index in [0.29, 0.717) is 34.7 Å². The van der Waals surface area contributed by atoms with Crippen LogP contribution in [0.3, 0.4) is 0 Å². The highest BCUT2D eigenvalue weighted by Crippen LogP contribution is 2.38. The van der Waals surface area contributed by atoms with Gasteiger partial charge in [-0.25, -0.2) is 8.42 Å². The molecule has 174 valence electrons. The maximum atomic E-state index is 13.2.